The van der Waals surface area contributed by atoms with Crippen LogP contribution < -0.4 is 5.32 Å². The number of aliphatic hydroxyl groups excluding tert-OH is 1. The number of β-amino-alcohol motifs (C(OH)–C–C–N with tert-alkyl or cyclic N) is 1. The van der Waals surface area contributed by atoms with Gasteiger partial charge in [-0.2, -0.15) is 0 Å². The molecule has 2 atom stereocenters. The highest BCUT2D eigenvalue weighted by Gasteiger charge is 2.31. The smallest absolute Gasteiger partial charge is 0.254 e. The van der Waals surface area contributed by atoms with Crippen molar-refractivity contribution in [2.24, 2.45) is 0 Å². The molecule has 0 aliphatic carbocycles. The maximum atomic E-state index is 12.1. The van der Waals surface area contributed by atoms with Crippen molar-refractivity contribution in [1.82, 2.24) is 10.2 Å². The van der Waals surface area contributed by atoms with Gasteiger partial charge in [0, 0.05) is 25.7 Å². The van der Waals surface area contributed by atoms with Crippen molar-refractivity contribution >= 4 is 5.91 Å². The molecule has 1 aliphatic heterocycles. The number of hydrogen-bond acceptors (Lipinski definition) is 4. The van der Waals surface area contributed by atoms with Crippen LogP contribution in [0.15, 0.2) is 24.3 Å². The van der Waals surface area contributed by atoms with Crippen molar-refractivity contribution < 1.29 is 15.0 Å². The number of aliphatic hydroxyl groups is 1. The normalized spacial score (nSPS) is 23.6. The molecular weight excluding hydrogens is 220 g/mol. The Morgan fingerprint density at radius 3 is 2.82 bits per heavy atom. The van der Waals surface area contributed by atoms with Crippen molar-refractivity contribution in [1.29, 1.82) is 0 Å². The second-order valence-corrected chi connectivity index (χ2v) is 4.26. The molecule has 2 rings (SSSR count). The van der Waals surface area contributed by atoms with Gasteiger partial charge in [0.2, 0.25) is 0 Å². The maximum Gasteiger partial charge on any atom is 0.254 e. The predicted molar refractivity (Wildman–Crippen MR) is 62.9 cm³/mol. The van der Waals surface area contributed by atoms with Crippen LogP contribution in [0.25, 0.3) is 0 Å². The van der Waals surface area contributed by atoms with Crippen LogP contribution in [0.3, 0.4) is 0 Å². The Hall–Kier alpha value is -1.59. The van der Waals surface area contributed by atoms with Gasteiger partial charge in [-0.15, -0.1) is 0 Å². The van der Waals surface area contributed by atoms with Gasteiger partial charge in [-0.25, -0.2) is 0 Å². The molecule has 0 spiro atoms. The lowest BCUT2D eigenvalue weighted by molar-refractivity contribution is 0.0581. The van der Waals surface area contributed by atoms with Crippen LogP contribution in [0.4, 0.5) is 0 Å². The van der Waals surface area contributed by atoms with Crippen LogP contribution in [0.5, 0.6) is 5.75 Å². The Balaban J connectivity index is 2.14. The monoisotopic (exact) mass is 236 g/mol. The Bertz CT molecular complexity index is 422. The molecule has 17 heavy (non-hydrogen) atoms. The lowest BCUT2D eigenvalue weighted by atomic mass is 10.1. The van der Waals surface area contributed by atoms with Gasteiger partial charge in [-0.1, -0.05) is 6.07 Å². The number of benzene rings is 1. The number of aromatic hydroxyl groups is 1. The van der Waals surface area contributed by atoms with Gasteiger partial charge in [-0.3, -0.25) is 4.79 Å². The van der Waals surface area contributed by atoms with Crippen molar-refractivity contribution in [3.05, 3.63) is 29.8 Å². The predicted octanol–water partition coefficient (Wildman–Crippen LogP) is -0.203. The number of carbonyl (C=O) groups is 1. The quantitative estimate of drug-likeness (QED) is 0.665. The molecule has 0 bridgehead atoms. The topological polar surface area (TPSA) is 72.8 Å². The fourth-order valence-corrected chi connectivity index (χ4v) is 2.04. The van der Waals surface area contributed by atoms with Crippen LogP contribution in [0, 0.1) is 0 Å². The van der Waals surface area contributed by atoms with Gasteiger partial charge >= 0.3 is 0 Å². The van der Waals surface area contributed by atoms with E-state index in [9.17, 15) is 15.0 Å². The number of amides is 1. The number of hydrogen-bond donors (Lipinski definition) is 3. The number of rotatable bonds is 2. The van der Waals surface area contributed by atoms with Gasteiger partial charge < -0.3 is 20.4 Å². The lowest BCUT2D eigenvalue weighted by Crippen LogP contribution is -2.44. The first-order valence-electron chi connectivity index (χ1n) is 5.54. The molecule has 0 radical (unpaired) electrons. The van der Waals surface area contributed by atoms with Gasteiger partial charge in [0.25, 0.3) is 5.91 Å². The highest BCUT2D eigenvalue weighted by atomic mass is 16.3. The van der Waals surface area contributed by atoms with E-state index < -0.39 is 6.10 Å². The number of likely N-dealkylation sites (N-methyl/N-ethyl adjacent to an activating group) is 1. The summed E-state index contributed by atoms with van der Waals surface area (Å²) in [7, 11) is 1.66. The molecule has 1 aromatic rings. The van der Waals surface area contributed by atoms with E-state index >= 15 is 0 Å². The number of phenols is 1. The van der Waals surface area contributed by atoms with Crippen LogP contribution in [-0.4, -0.2) is 53.3 Å². The molecule has 0 saturated carbocycles. The van der Waals surface area contributed by atoms with E-state index in [0.29, 0.717) is 18.7 Å². The average molecular weight is 236 g/mol. The number of carbonyl (C=O) groups excluding carboxylic acids is 1. The molecule has 3 N–H and O–H groups in total. The molecular formula is C12H16N2O3. The summed E-state index contributed by atoms with van der Waals surface area (Å²) in [6.45, 7) is 1.09. The molecule has 0 unspecified atom stereocenters. The molecule has 1 saturated heterocycles. The van der Waals surface area contributed by atoms with Gasteiger partial charge in [-0.05, 0) is 18.2 Å². The van der Waals surface area contributed by atoms with E-state index in [1.807, 2.05) is 0 Å². The first-order valence-corrected chi connectivity index (χ1v) is 5.54. The van der Waals surface area contributed by atoms with E-state index in [2.05, 4.69) is 5.32 Å². The summed E-state index contributed by atoms with van der Waals surface area (Å²) in [4.78, 5) is 13.6. The molecule has 1 aromatic carbocycles. The minimum atomic E-state index is -0.541. The molecule has 1 fully saturated rings. The summed E-state index contributed by atoms with van der Waals surface area (Å²) in [6.07, 6.45) is -0.541. The highest BCUT2D eigenvalue weighted by molar-refractivity contribution is 5.94. The third-order valence-electron chi connectivity index (χ3n) is 3.06. The number of nitrogens with one attached hydrogen (secondary N) is 1. The standard InChI is InChI=1S/C12H16N2O3/c1-14(10-6-13-7-11(10)16)12(17)8-3-2-4-9(15)5-8/h2-5,10-11,13,15-16H,6-7H2,1H3/t10-,11-/m0/s1. The van der Waals surface area contributed by atoms with E-state index in [1.54, 1.807) is 19.2 Å². The van der Waals surface area contributed by atoms with Crippen LogP contribution in [0.1, 0.15) is 10.4 Å². The Morgan fingerprint density at radius 1 is 1.47 bits per heavy atom. The van der Waals surface area contributed by atoms with Gasteiger partial charge in [0.05, 0.1) is 12.1 Å². The minimum Gasteiger partial charge on any atom is -0.508 e. The van der Waals surface area contributed by atoms with Crippen LogP contribution in [0.2, 0.25) is 0 Å². The molecule has 92 valence electrons. The molecule has 5 heteroatoms. The SMILES string of the molecule is CN(C(=O)c1cccc(O)c1)[C@H]1CNC[C@@H]1O. The van der Waals surface area contributed by atoms with E-state index in [4.69, 9.17) is 0 Å². The number of phenolic OH excluding ortho intramolecular Hbond substituents is 1. The van der Waals surface area contributed by atoms with Crippen molar-refractivity contribution in [3.63, 3.8) is 0 Å². The molecule has 0 aromatic heterocycles. The Labute approximate surface area is 99.7 Å². The summed E-state index contributed by atoms with van der Waals surface area (Å²) >= 11 is 0. The summed E-state index contributed by atoms with van der Waals surface area (Å²) < 4.78 is 0. The summed E-state index contributed by atoms with van der Waals surface area (Å²) in [6, 6.07) is 5.99. The first-order chi connectivity index (χ1) is 8.09. The molecule has 1 aliphatic rings. The number of nitrogens with zero attached hydrogens (tertiary/aromatic N) is 1. The molecule has 1 heterocycles. The van der Waals surface area contributed by atoms with Gasteiger partial charge in [0.15, 0.2) is 0 Å². The Morgan fingerprint density at radius 2 is 2.24 bits per heavy atom. The summed E-state index contributed by atoms with van der Waals surface area (Å²) in [5, 5.41) is 22.1. The van der Waals surface area contributed by atoms with Gasteiger partial charge in [0.1, 0.15) is 5.75 Å². The zero-order valence-electron chi connectivity index (χ0n) is 9.63. The molecule has 5 nitrogen and oxygen atoms in total. The third-order valence-corrected chi connectivity index (χ3v) is 3.06. The minimum absolute atomic E-state index is 0.0642. The van der Waals surface area contributed by atoms with Crippen molar-refractivity contribution in [3.8, 4) is 5.75 Å². The second-order valence-electron chi connectivity index (χ2n) is 4.26. The fraction of sp³-hybridized carbons (Fsp3) is 0.417. The fourth-order valence-electron chi connectivity index (χ4n) is 2.04. The largest absolute Gasteiger partial charge is 0.508 e. The molecule has 1 amide bonds. The third kappa shape index (κ3) is 2.40. The lowest BCUT2D eigenvalue weighted by Gasteiger charge is -2.26. The summed E-state index contributed by atoms with van der Waals surface area (Å²) in [5.74, 6) is -0.136. The zero-order valence-corrected chi connectivity index (χ0v) is 9.63. The zero-order chi connectivity index (χ0) is 12.4. The van der Waals surface area contributed by atoms with E-state index in [1.165, 1.54) is 17.0 Å². The second kappa shape index (κ2) is 4.73. The van der Waals surface area contributed by atoms with Crippen LogP contribution in [-0.2, 0) is 0 Å². The average Bonchev–Trinajstić information content (AvgIpc) is 2.73. The van der Waals surface area contributed by atoms with Crippen LogP contribution >= 0.6 is 0 Å². The maximum absolute atomic E-state index is 12.1. The summed E-state index contributed by atoms with van der Waals surface area (Å²) in [5.41, 5.74) is 0.423. The first kappa shape index (κ1) is 11.9. The Kier molecular flexibility index (Phi) is 3.31. The van der Waals surface area contributed by atoms with Crippen molar-refractivity contribution in [2.45, 2.75) is 12.1 Å². The van der Waals surface area contributed by atoms with Crippen molar-refractivity contribution in [2.75, 3.05) is 20.1 Å². The van der Waals surface area contributed by atoms with E-state index in [0.717, 1.165) is 0 Å². The highest BCUT2D eigenvalue weighted by Crippen LogP contribution is 2.15. The van der Waals surface area contributed by atoms with E-state index in [-0.39, 0.29) is 17.7 Å².